The van der Waals surface area contributed by atoms with Gasteiger partial charge in [0.05, 0.1) is 19.7 Å². The van der Waals surface area contributed by atoms with Crippen molar-refractivity contribution in [1.82, 2.24) is 5.16 Å². The molecular weight excluding hydrogens is 182 g/mol. The van der Waals surface area contributed by atoms with E-state index in [1.807, 2.05) is 12.1 Å². The van der Waals surface area contributed by atoms with Crippen LogP contribution in [0.4, 0.5) is 0 Å². The van der Waals surface area contributed by atoms with Crippen LogP contribution >= 0.6 is 0 Å². The largest absolute Gasteiger partial charge is 0.469 e. The summed E-state index contributed by atoms with van der Waals surface area (Å²) < 4.78 is 9.51. The van der Waals surface area contributed by atoms with Crippen molar-refractivity contribution in [3.8, 4) is 0 Å². The van der Waals surface area contributed by atoms with E-state index in [0.29, 0.717) is 0 Å². The molecular formula is C10H9NO3. The van der Waals surface area contributed by atoms with E-state index in [9.17, 15) is 4.79 Å². The highest BCUT2D eigenvalue weighted by Crippen LogP contribution is 2.15. The number of carbonyl (C=O) groups excluding carboxylic acids is 1. The van der Waals surface area contributed by atoms with Crippen LogP contribution in [0.3, 0.4) is 0 Å². The molecule has 2 rings (SSSR count). The second kappa shape index (κ2) is 3.49. The first kappa shape index (κ1) is 8.74. The van der Waals surface area contributed by atoms with E-state index in [1.54, 1.807) is 12.3 Å². The fourth-order valence-electron chi connectivity index (χ4n) is 1.27. The van der Waals surface area contributed by atoms with Gasteiger partial charge in [0.2, 0.25) is 0 Å². The zero-order chi connectivity index (χ0) is 9.97. The van der Waals surface area contributed by atoms with Crippen molar-refractivity contribution >= 4 is 16.9 Å². The number of aromatic nitrogens is 1. The Morgan fingerprint density at radius 1 is 1.57 bits per heavy atom. The molecule has 0 spiro atoms. The fraction of sp³-hybridized carbons (Fsp3) is 0.200. The number of hydrogen-bond donors (Lipinski definition) is 0. The first-order valence-electron chi connectivity index (χ1n) is 4.20. The highest BCUT2D eigenvalue weighted by atomic mass is 16.5. The summed E-state index contributed by atoms with van der Waals surface area (Å²) in [5, 5.41) is 4.55. The minimum atomic E-state index is -0.249. The second-order valence-electron chi connectivity index (χ2n) is 2.95. The number of ether oxygens (including phenoxy) is 1. The molecule has 0 aliphatic carbocycles. The lowest BCUT2D eigenvalue weighted by atomic mass is 10.1. The molecule has 0 saturated heterocycles. The molecule has 4 heteroatoms. The van der Waals surface area contributed by atoms with Gasteiger partial charge in [-0.05, 0) is 17.7 Å². The molecule has 0 radical (unpaired) electrons. The maximum atomic E-state index is 11.0. The normalized spacial score (nSPS) is 10.4. The number of nitrogens with zero attached hydrogens (tertiary/aromatic N) is 1. The van der Waals surface area contributed by atoms with Crippen molar-refractivity contribution in [2.24, 2.45) is 0 Å². The van der Waals surface area contributed by atoms with Crippen LogP contribution < -0.4 is 0 Å². The van der Waals surface area contributed by atoms with Crippen molar-refractivity contribution in [3.05, 3.63) is 30.0 Å². The maximum absolute atomic E-state index is 11.0. The molecule has 0 aliphatic heterocycles. The first-order chi connectivity index (χ1) is 6.79. The molecule has 1 aromatic heterocycles. The summed E-state index contributed by atoms with van der Waals surface area (Å²) in [4.78, 5) is 11.0. The highest BCUT2D eigenvalue weighted by molar-refractivity contribution is 5.79. The van der Waals surface area contributed by atoms with E-state index in [4.69, 9.17) is 4.52 Å². The molecule has 2 aromatic rings. The average Bonchev–Trinajstić information content (AvgIpc) is 2.64. The van der Waals surface area contributed by atoms with Crippen molar-refractivity contribution in [1.29, 1.82) is 0 Å². The molecule has 14 heavy (non-hydrogen) atoms. The van der Waals surface area contributed by atoms with E-state index in [2.05, 4.69) is 9.89 Å². The van der Waals surface area contributed by atoms with E-state index in [0.717, 1.165) is 16.5 Å². The quantitative estimate of drug-likeness (QED) is 0.675. The van der Waals surface area contributed by atoms with E-state index in [-0.39, 0.29) is 12.4 Å². The van der Waals surface area contributed by atoms with Crippen LogP contribution in [0.1, 0.15) is 5.56 Å². The third-order valence-corrected chi connectivity index (χ3v) is 1.99. The highest BCUT2D eigenvalue weighted by Gasteiger charge is 2.04. The molecule has 72 valence electrons. The Kier molecular flexibility index (Phi) is 2.18. The summed E-state index contributed by atoms with van der Waals surface area (Å²) in [5.74, 6) is -0.249. The van der Waals surface area contributed by atoms with Crippen molar-refractivity contribution in [2.75, 3.05) is 7.11 Å². The molecule has 0 amide bonds. The molecule has 0 bridgehead atoms. The molecule has 1 heterocycles. The smallest absolute Gasteiger partial charge is 0.309 e. The van der Waals surface area contributed by atoms with Crippen LogP contribution in [-0.4, -0.2) is 18.2 Å². The average molecular weight is 191 g/mol. The third-order valence-electron chi connectivity index (χ3n) is 1.99. The number of fused-ring (bicyclic) bond motifs is 1. The molecule has 0 N–H and O–H groups in total. The SMILES string of the molecule is COC(=O)Cc1ccc2oncc2c1. The molecule has 0 fully saturated rings. The van der Waals surface area contributed by atoms with E-state index in [1.165, 1.54) is 7.11 Å². The Morgan fingerprint density at radius 3 is 3.21 bits per heavy atom. The van der Waals surface area contributed by atoms with Gasteiger partial charge in [-0.2, -0.15) is 0 Å². The van der Waals surface area contributed by atoms with Crippen molar-refractivity contribution in [2.45, 2.75) is 6.42 Å². The summed E-state index contributed by atoms with van der Waals surface area (Å²) in [6.45, 7) is 0. The summed E-state index contributed by atoms with van der Waals surface area (Å²) in [6, 6.07) is 5.48. The van der Waals surface area contributed by atoms with E-state index < -0.39 is 0 Å². The van der Waals surface area contributed by atoms with Gasteiger partial charge in [-0.1, -0.05) is 11.2 Å². The van der Waals surface area contributed by atoms with Gasteiger partial charge in [-0.15, -0.1) is 0 Å². The van der Waals surface area contributed by atoms with Gasteiger partial charge < -0.3 is 9.26 Å². The van der Waals surface area contributed by atoms with Crippen LogP contribution in [0.5, 0.6) is 0 Å². The Morgan fingerprint density at radius 2 is 2.43 bits per heavy atom. The molecule has 0 atom stereocenters. The van der Waals surface area contributed by atoms with Gasteiger partial charge in [0.1, 0.15) is 0 Å². The van der Waals surface area contributed by atoms with E-state index >= 15 is 0 Å². The lowest BCUT2D eigenvalue weighted by molar-refractivity contribution is -0.139. The standard InChI is InChI=1S/C10H9NO3/c1-13-10(12)5-7-2-3-9-8(4-7)6-11-14-9/h2-4,6H,5H2,1H3. The maximum Gasteiger partial charge on any atom is 0.309 e. The molecule has 0 unspecified atom stereocenters. The van der Waals surface area contributed by atoms with Gasteiger partial charge in [-0.25, -0.2) is 0 Å². The molecule has 1 aromatic carbocycles. The minimum absolute atomic E-state index is 0.249. The molecule has 0 saturated carbocycles. The monoisotopic (exact) mass is 191 g/mol. The lowest BCUT2D eigenvalue weighted by Crippen LogP contribution is -2.03. The summed E-state index contributed by atoms with van der Waals surface area (Å²) in [6.07, 6.45) is 1.90. The predicted molar refractivity (Wildman–Crippen MR) is 49.7 cm³/mol. The predicted octanol–water partition coefficient (Wildman–Crippen LogP) is 1.54. The van der Waals surface area contributed by atoms with Crippen LogP contribution in [0.25, 0.3) is 11.0 Å². The number of carbonyl (C=O) groups is 1. The number of hydrogen-bond acceptors (Lipinski definition) is 4. The Hall–Kier alpha value is -1.84. The Bertz CT molecular complexity index is 461. The van der Waals surface area contributed by atoms with Crippen LogP contribution in [0, 0.1) is 0 Å². The van der Waals surface area contributed by atoms with Gasteiger partial charge in [0.15, 0.2) is 5.58 Å². The van der Waals surface area contributed by atoms with Gasteiger partial charge in [0.25, 0.3) is 0 Å². The zero-order valence-corrected chi connectivity index (χ0v) is 7.69. The van der Waals surface area contributed by atoms with Gasteiger partial charge >= 0.3 is 5.97 Å². The number of methoxy groups -OCH3 is 1. The minimum Gasteiger partial charge on any atom is -0.469 e. The Labute approximate surface area is 80.4 Å². The molecule has 0 aliphatic rings. The Balaban J connectivity index is 2.30. The lowest BCUT2D eigenvalue weighted by Gasteiger charge is -1.98. The topological polar surface area (TPSA) is 52.3 Å². The van der Waals surface area contributed by atoms with Crippen molar-refractivity contribution < 1.29 is 14.1 Å². The number of benzene rings is 1. The number of esters is 1. The fourth-order valence-corrected chi connectivity index (χ4v) is 1.27. The van der Waals surface area contributed by atoms with Gasteiger partial charge in [0, 0.05) is 5.39 Å². The third kappa shape index (κ3) is 1.59. The first-order valence-corrected chi connectivity index (χ1v) is 4.20. The summed E-state index contributed by atoms with van der Waals surface area (Å²) in [5.41, 5.74) is 1.62. The van der Waals surface area contributed by atoms with Gasteiger partial charge in [-0.3, -0.25) is 4.79 Å². The summed E-state index contributed by atoms with van der Waals surface area (Å²) in [7, 11) is 1.38. The van der Waals surface area contributed by atoms with Crippen LogP contribution in [-0.2, 0) is 16.0 Å². The number of rotatable bonds is 2. The van der Waals surface area contributed by atoms with Crippen LogP contribution in [0.15, 0.2) is 28.9 Å². The van der Waals surface area contributed by atoms with Crippen molar-refractivity contribution in [3.63, 3.8) is 0 Å². The molecule has 4 nitrogen and oxygen atoms in total. The second-order valence-corrected chi connectivity index (χ2v) is 2.95. The zero-order valence-electron chi connectivity index (χ0n) is 7.69. The summed E-state index contributed by atoms with van der Waals surface area (Å²) >= 11 is 0. The van der Waals surface area contributed by atoms with Crippen LogP contribution in [0.2, 0.25) is 0 Å².